The first-order chi connectivity index (χ1) is 17.6. The number of methoxy groups -OCH3 is 1. The van der Waals surface area contributed by atoms with Crippen molar-refractivity contribution in [2.24, 2.45) is 0 Å². The highest BCUT2D eigenvalue weighted by Crippen LogP contribution is 2.31. The number of nitrogens with one attached hydrogen (secondary N) is 1. The molecule has 3 rings (SSSR count). The average Bonchev–Trinajstić information content (AvgIpc) is 2.86. The van der Waals surface area contributed by atoms with Gasteiger partial charge in [0.25, 0.3) is 5.91 Å². The van der Waals surface area contributed by atoms with Crippen LogP contribution in [0.3, 0.4) is 0 Å². The first kappa shape index (κ1) is 27.3. The highest BCUT2D eigenvalue weighted by atomic mass is 19.1. The number of hydrogen-bond donors (Lipinski definition) is 1. The lowest BCUT2D eigenvalue weighted by molar-refractivity contribution is -0.150. The molecule has 3 aromatic rings. The SMILES string of the molecule is COc1ccnc(C(=O)N[C@@H](C)C(=O)O[C@@H](C)C(c2ccc(F)cc2)c2ccc(F)cc2)c1OC(C)=O. The van der Waals surface area contributed by atoms with Gasteiger partial charge in [0.15, 0.2) is 11.4 Å². The van der Waals surface area contributed by atoms with E-state index in [2.05, 4.69) is 10.3 Å². The Kier molecular flexibility index (Phi) is 8.89. The lowest BCUT2D eigenvalue weighted by Crippen LogP contribution is -2.41. The van der Waals surface area contributed by atoms with Gasteiger partial charge in [-0.1, -0.05) is 24.3 Å². The van der Waals surface area contributed by atoms with Crippen LogP contribution in [0, 0.1) is 11.6 Å². The lowest BCUT2D eigenvalue weighted by atomic mass is 9.87. The summed E-state index contributed by atoms with van der Waals surface area (Å²) >= 11 is 0. The van der Waals surface area contributed by atoms with Crippen molar-refractivity contribution in [2.75, 3.05) is 7.11 Å². The number of carbonyl (C=O) groups is 3. The van der Waals surface area contributed by atoms with Crippen LogP contribution in [0.2, 0.25) is 0 Å². The van der Waals surface area contributed by atoms with Crippen LogP contribution in [0.5, 0.6) is 11.5 Å². The van der Waals surface area contributed by atoms with E-state index in [-0.39, 0.29) is 17.2 Å². The Morgan fingerprint density at radius 2 is 1.43 bits per heavy atom. The van der Waals surface area contributed by atoms with Crippen molar-refractivity contribution in [3.05, 3.63) is 89.2 Å². The summed E-state index contributed by atoms with van der Waals surface area (Å²) in [5.74, 6) is -3.70. The van der Waals surface area contributed by atoms with Crippen molar-refractivity contribution in [3.63, 3.8) is 0 Å². The van der Waals surface area contributed by atoms with E-state index in [1.165, 1.54) is 50.6 Å². The molecule has 0 aliphatic rings. The number of aromatic nitrogens is 1. The van der Waals surface area contributed by atoms with Gasteiger partial charge in [-0.05, 0) is 49.2 Å². The molecule has 0 aliphatic heterocycles. The van der Waals surface area contributed by atoms with E-state index in [4.69, 9.17) is 14.2 Å². The normalized spacial score (nSPS) is 12.4. The van der Waals surface area contributed by atoms with Gasteiger partial charge in [0.1, 0.15) is 23.8 Å². The number of pyridine rings is 1. The minimum atomic E-state index is -1.12. The van der Waals surface area contributed by atoms with Gasteiger partial charge in [-0.25, -0.2) is 18.6 Å². The molecule has 1 amide bonds. The largest absolute Gasteiger partial charge is 0.493 e. The Hall–Kier alpha value is -4.34. The van der Waals surface area contributed by atoms with Crippen molar-refractivity contribution in [3.8, 4) is 11.5 Å². The maximum atomic E-state index is 13.5. The highest BCUT2D eigenvalue weighted by molar-refractivity contribution is 5.98. The Morgan fingerprint density at radius 3 is 1.92 bits per heavy atom. The third-order valence-electron chi connectivity index (χ3n) is 5.48. The van der Waals surface area contributed by atoms with Crippen molar-refractivity contribution >= 4 is 17.8 Å². The third kappa shape index (κ3) is 6.87. The van der Waals surface area contributed by atoms with E-state index in [0.29, 0.717) is 11.1 Å². The summed E-state index contributed by atoms with van der Waals surface area (Å²) < 4.78 is 42.9. The monoisotopic (exact) mass is 512 g/mol. The Bertz CT molecular complexity index is 1220. The first-order valence-corrected chi connectivity index (χ1v) is 11.3. The molecule has 0 fully saturated rings. The molecule has 37 heavy (non-hydrogen) atoms. The maximum absolute atomic E-state index is 13.5. The van der Waals surface area contributed by atoms with Crippen LogP contribution in [0.25, 0.3) is 0 Å². The zero-order valence-electron chi connectivity index (χ0n) is 20.7. The number of halogens is 2. The second-order valence-corrected chi connectivity index (χ2v) is 8.20. The molecule has 2 aromatic carbocycles. The maximum Gasteiger partial charge on any atom is 0.328 e. The van der Waals surface area contributed by atoms with E-state index in [9.17, 15) is 23.2 Å². The molecular formula is C27H26F2N2O6. The molecule has 10 heteroatoms. The quantitative estimate of drug-likeness (QED) is 0.429. The van der Waals surface area contributed by atoms with Crippen LogP contribution in [-0.2, 0) is 14.3 Å². The van der Waals surface area contributed by atoms with E-state index >= 15 is 0 Å². The van der Waals surface area contributed by atoms with Gasteiger partial charge in [-0.3, -0.25) is 9.59 Å². The zero-order valence-corrected chi connectivity index (χ0v) is 20.7. The molecule has 0 unspecified atom stereocenters. The number of amides is 1. The van der Waals surface area contributed by atoms with Crippen molar-refractivity contribution in [1.82, 2.24) is 10.3 Å². The van der Waals surface area contributed by atoms with E-state index in [1.807, 2.05) is 0 Å². The van der Waals surface area contributed by atoms with Crippen LogP contribution in [-0.4, -0.2) is 42.1 Å². The number of nitrogens with zero attached hydrogens (tertiary/aromatic N) is 1. The standard InChI is InChI=1S/C27H26F2N2O6/c1-15(31-26(33)24-25(37-17(3)32)22(35-4)13-14-30-24)27(34)36-16(2)23(18-5-9-20(28)10-6-18)19-7-11-21(29)12-8-19/h5-16,23H,1-4H3,(H,31,33)/t15-,16-/m0/s1. The van der Waals surface area contributed by atoms with Gasteiger partial charge in [0.2, 0.25) is 5.75 Å². The van der Waals surface area contributed by atoms with Crippen LogP contribution >= 0.6 is 0 Å². The Morgan fingerprint density at radius 1 is 0.892 bits per heavy atom. The summed E-state index contributed by atoms with van der Waals surface area (Å²) in [4.78, 5) is 41.2. The number of rotatable bonds is 9. The van der Waals surface area contributed by atoms with E-state index < -0.39 is 47.5 Å². The second-order valence-electron chi connectivity index (χ2n) is 8.20. The molecular weight excluding hydrogens is 486 g/mol. The van der Waals surface area contributed by atoms with Gasteiger partial charge in [0, 0.05) is 25.1 Å². The van der Waals surface area contributed by atoms with E-state index in [0.717, 1.165) is 6.92 Å². The minimum Gasteiger partial charge on any atom is -0.493 e. The molecule has 0 aliphatic carbocycles. The van der Waals surface area contributed by atoms with Gasteiger partial charge in [-0.15, -0.1) is 0 Å². The van der Waals surface area contributed by atoms with Crippen LogP contribution in [0.1, 0.15) is 48.3 Å². The third-order valence-corrected chi connectivity index (χ3v) is 5.48. The fraction of sp³-hybridized carbons (Fsp3) is 0.259. The van der Waals surface area contributed by atoms with Crippen LogP contribution in [0.4, 0.5) is 8.78 Å². The topological polar surface area (TPSA) is 104 Å². The molecule has 2 atom stereocenters. The summed E-state index contributed by atoms with van der Waals surface area (Å²) in [7, 11) is 1.34. The summed E-state index contributed by atoms with van der Waals surface area (Å²) in [6.07, 6.45) is 0.524. The van der Waals surface area contributed by atoms with E-state index in [1.54, 1.807) is 31.2 Å². The molecule has 1 heterocycles. The summed E-state index contributed by atoms with van der Waals surface area (Å²) in [5.41, 5.74) is 1.05. The predicted molar refractivity (Wildman–Crippen MR) is 129 cm³/mol. The number of esters is 2. The molecule has 8 nitrogen and oxygen atoms in total. The zero-order chi connectivity index (χ0) is 27.1. The fourth-order valence-electron chi connectivity index (χ4n) is 3.75. The molecule has 0 spiro atoms. The molecule has 1 aromatic heterocycles. The molecule has 1 N–H and O–H groups in total. The number of benzene rings is 2. The predicted octanol–water partition coefficient (Wildman–Crippen LogP) is 4.18. The molecule has 0 saturated heterocycles. The number of carbonyl (C=O) groups excluding carboxylic acids is 3. The summed E-state index contributed by atoms with van der Waals surface area (Å²) in [6.45, 7) is 4.23. The highest BCUT2D eigenvalue weighted by Gasteiger charge is 2.29. The summed E-state index contributed by atoms with van der Waals surface area (Å²) in [6, 6.07) is 11.7. The Balaban J connectivity index is 1.78. The van der Waals surface area contributed by atoms with Gasteiger partial charge >= 0.3 is 11.9 Å². The van der Waals surface area contributed by atoms with Gasteiger partial charge in [-0.2, -0.15) is 0 Å². The number of hydrogen-bond acceptors (Lipinski definition) is 7. The molecule has 0 saturated carbocycles. The minimum absolute atomic E-state index is 0.112. The van der Waals surface area contributed by atoms with Crippen LogP contribution in [0.15, 0.2) is 60.8 Å². The number of ether oxygens (including phenoxy) is 3. The molecule has 0 radical (unpaired) electrons. The van der Waals surface area contributed by atoms with Crippen molar-refractivity contribution in [1.29, 1.82) is 0 Å². The Labute approximate surface area is 212 Å². The smallest absolute Gasteiger partial charge is 0.328 e. The molecule has 0 bridgehead atoms. The fourth-order valence-corrected chi connectivity index (χ4v) is 3.75. The second kappa shape index (κ2) is 12.1. The van der Waals surface area contributed by atoms with Crippen LogP contribution < -0.4 is 14.8 Å². The van der Waals surface area contributed by atoms with Gasteiger partial charge < -0.3 is 19.5 Å². The van der Waals surface area contributed by atoms with Gasteiger partial charge in [0.05, 0.1) is 7.11 Å². The average molecular weight is 513 g/mol. The summed E-state index contributed by atoms with van der Waals surface area (Å²) in [5, 5.41) is 2.48. The molecule has 194 valence electrons. The van der Waals surface area contributed by atoms with Crippen molar-refractivity contribution < 1.29 is 37.4 Å². The lowest BCUT2D eigenvalue weighted by Gasteiger charge is -2.26. The first-order valence-electron chi connectivity index (χ1n) is 11.3. The van der Waals surface area contributed by atoms with Crippen molar-refractivity contribution in [2.45, 2.75) is 38.8 Å².